The highest BCUT2D eigenvalue weighted by atomic mass is 16.7. The number of hydrogen-bond donors (Lipinski definition) is 1. The molecule has 3 heterocycles. The third-order valence-corrected chi connectivity index (χ3v) is 8.48. The standard InChI is InChI=1S/C35H53N3O11/c1-4-48-35-29(10-14-42-18-21-45-17-13-39)30(32-27(2)36(3)38(34(32)41)28-8-6-5-7-9-28)26-31(49-35)33(40)37-11-15-43-19-22-46-24-25-47-23-20-44-16-12-37/h5-9,26,29-30,35,39H,4,10-25H2,1-3H3/t29-,30+,35-/m0/s1. The molecule has 1 aromatic heterocycles. The zero-order valence-corrected chi connectivity index (χ0v) is 29.1. The van der Waals surface area contributed by atoms with Crippen LogP contribution >= 0.6 is 0 Å². The molecule has 2 aromatic rings. The summed E-state index contributed by atoms with van der Waals surface area (Å²) in [6, 6.07) is 9.46. The van der Waals surface area contributed by atoms with Crippen LogP contribution in [0.25, 0.3) is 5.69 Å². The van der Waals surface area contributed by atoms with Gasteiger partial charge in [0.2, 0.25) is 6.29 Å². The van der Waals surface area contributed by atoms with Crippen LogP contribution in [0.15, 0.2) is 47.0 Å². The Bertz CT molecular complexity index is 1330. The summed E-state index contributed by atoms with van der Waals surface area (Å²) in [6.07, 6.45) is 1.44. The van der Waals surface area contributed by atoms with Gasteiger partial charge in [0.05, 0.1) is 85.0 Å². The number of carbonyl (C=O) groups is 1. The topological polar surface area (TPSA) is 141 Å². The first-order valence-electron chi connectivity index (χ1n) is 17.2. The molecule has 4 rings (SSSR count). The minimum Gasteiger partial charge on any atom is -0.459 e. The number of para-hydroxylation sites is 1. The zero-order chi connectivity index (χ0) is 34.8. The van der Waals surface area contributed by atoms with E-state index in [1.165, 1.54) is 0 Å². The van der Waals surface area contributed by atoms with Crippen molar-refractivity contribution < 1.29 is 47.8 Å². The van der Waals surface area contributed by atoms with Gasteiger partial charge in [-0.25, -0.2) is 4.68 Å². The minimum atomic E-state index is -0.817. The fourth-order valence-electron chi connectivity index (χ4n) is 5.93. The van der Waals surface area contributed by atoms with Gasteiger partial charge < -0.3 is 47.9 Å². The summed E-state index contributed by atoms with van der Waals surface area (Å²) in [6.45, 7) is 9.18. The van der Waals surface area contributed by atoms with Crippen molar-refractivity contribution in [3.63, 3.8) is 0 Å². The maximum atomic E-state index is 14.3. The van der Waals surface area contributed by atoms with Gasteiger partial charge in [-0.1, -0.05) is 18.2 Å². The fraction of sp³-hybridized carbons (Fsp3) is 0.657. The van der Waals surface area contributed by atoms with Crippen LogP contribution in [0.3, 0.4) is 0 Å². The Labute approximate surface area is 288 Å². The smallest absolute Gasteiger partial charge is 0.288 e. The van der Waals surface area contributed by atoms with Crippen LogP contribution < -0.4 is 5.56 Å². The minimum absolute atomic E-state index is 0.0527. The Balaban J connectivity index is 1.65. The van der Waals surface area contributed by atoms with Gasteiger partial charge in [-0.05, 0) is 38.5 Å². The van der Waals surface area contributed by atoms with Gasteiger partial charge in [0.25, 0.3) is 11.5 Å². The number of rotatable bonds is 13. The lowest BCUT2D eigenvalue weighted by Crippen LogP contribution is -2.43. The lowest BCUT2D eigenvalue weighted by Gasteiger charge is -2.37. The molecule has 1 aromatic carbocycles. The number of nitrogens with zero attached hydrogens (tertiary/aromatic N) is 3. The summed E-state index contributed by atoms with van der Waals surface area (Å²) in [5.74, 6) is -1.10. The molecule has 0 saturated carbocycles. The number of amides is 1. The molecule has 0 spiro atoms. The number of aromatic nitrogens is 2. The van der Waals surface area contributed by atoms with Crippen molar-refractivity contribution in [3.8, 4) is 5.69 Å². The average Bonchev–Trinajstić information content (AvgIpc) is 3.32. The Morgan fingerprint density at radius 1 is 0.878 bits per heavy atom. The molecule has 1 fully saturated rings. The molecule has 0 unspecified atom stereocenters. The highest BCUT2D eigenvalue weighted by Gasteiger charge is 2.41. The van der Waals surface area contributed by atoms with Crippen LogP contribution in [0.1, 0.15) is 30.5 Å². The monoisotopic (exact) mass is 691 g/mol. The van der Waals surface area contributed by atoms with Crippen LogP contribution in [0.4, 0.5) is 0 Å². The van der Waals surface area contributed by atoms with E-state index in [4.69, 9.17) is 43.0 Å². The van der Waals surface area contributed by atoms with E-state index in [0.717, 1.165) is 11.4 Å². The van der Waals surface area contributed by atoms with Gasteiger partial charge in [0.1, 0.15) is 0 Å². The summed E-state index contributed by atoms with van der Waals surface area (Å²) in [4.78, 5) is 30.1. The fourth-order valence-corrected chi connectivity index (χ4v) is 5.93. The molecule has 14 heteroatoms. The van der Waals surface area contributed by atoms with Gasteiger partial charge in [0, 0.05) is 56.4 Å². The predicted molar refractivity (Wildman–Crippen MR) is 180 cm³/mol. The summed E-state index contributed by atoms with van der Waals surface area (Å²) < 4.78 is 49.7. The van der Waals surface area contributed by atoms with Crippen molar-refractivity contribution in [3.05, 3.63) is 63.8 Å². The van der Waals surface area contributed by atoms with E-state index in [9.17, 15) is 9.59 Å². The normalized spacial score (nSPS) is 21.8. The number of hydrogen-bond acceptors (Lipinski definition) is 11. The highest BCUT2D eigenvalue weighted by molar-refractivity contribution is 5.91. The van der Waals surface area contributed by atoms with Crippen molar-refractivity contribution in [1.29, 1.82) is 0 Å². The van der Waals surface area contributed by atoms with Crippen molar-refractivity contribution in [2.24, 2.45) is 13.0 Å². The molecule has 1 amide bonds. The van der Waals surface area contributed by atoms with Gasteiger partial charge in [-0.3, -0.25) is 14.3 Å². The summed E-state index contributed by atoms with van der Waals surface area (Å²) in [7, 11) is 1.85. The van der Waals surface area contributed by atoms with Crippen molar-refractivity contribution in [1.82, 2.24) is 14.3 Å². The summed E-state index contributed by atoms with van der Waals surface area (Å²) in [5, 5.41) is 8.96. The Morgan fingerprint density at radius 2 is 1.47 bits per heavy atom. The van der Waals surface area contributed by atoms with E-state index in [2.05, 4.69) is 0 Å². The molecular weight excluding hydrogens is 638 g/mol. The lowest BCUT2D eigenvalue weighted by molar-refractivity contribution is -0.172. The summed E-state index contributed by atoms with van der Waals surface area (Å²) >= 11 is 0. The van der Waals surface area contributed by atoms with Crippen LogP contribution in [0.5, 0.6) is 0 Å². The molecule has 1 N–H and O–H groups in total. The molecule has 2 aliphatic heterocycles. The number of carbonyl (C=O) groups excluding carboxylic acids is 1. The number of benzene rings is 1. The van der Waals surface area contributed by atoms with Crippen molar-refractivity contribution in [2.75, 3.05) is 106 Å². The van der Waals surface area contributed by atoms with Gasteiger partial charge >= 0.3 is 0 Å². The first-order valence-corrected chi connectivity index (χ1v) is 17.2. The van der Waals surface area contributed by atoms with Crippen LogP contribution in [-0.2, 0) is 49.7 Å². The van der Waals surface area contributed by atoms with E-state index in [0.29, 0.717) is 104 Å². The first-order chi connectivity index (χ1) is 24.0. The van der Waals surface area contributed by atoms with Gasteiger partial charge in [-0.2, -0.15) is 0 Å². The largest absolute Gasteiger partial charge is 0.459 e. The lowest BCUT2D eigenvalue weighted by atomic mass is 9.81. The van der Waals surface area contributed by atoms with E-state index in [1.54, 1.807) is 15.7 Å². The van der Waals surface area contributed by atoms with Crippen LogP contribution in [-0.4, -0.2) is 137 Å². The molecule has 49 heavy (non-hydrogen) atoms. The van der Waals surface area contributed by atoms with Crippen molar-refractivity contribution >= 4 is 5.91 Å². The van der Waals surface area contributed by atoms with E-state index < -0.39 is 12.2 Å². The molecule has 0 aliphatic carbocycles. The van der Waals surface area contributed by atoms with Crippen LogP contribution in [0.2, 0.25) is 0 Å². The molecule has 0 bridgehead atoms. The second-order valence-electron chi connectivity index (χ2n) is 11.6. The number of ether oxygens (including phenoxy) is 8. The van der Waals surface area contributed by atoms with Crippen LogP contribution in [0, 0.1) is 12.8 Å². The number of allylic oxidation sites excluding steroid dienone is 1. The maximum absolute atomic E-state index is 14.3. The Kier molecular flexibility index (Phi) is 16.8. The molecular formula is C35H53N3O11. The quantitative estimate of drug-likeness (QED) is 0.308. The molecule has 1 saturated heterocycles. The average molecular weight is 692 g/mol. The second-order valence-corrected chi connectivity index (χ2v) is 11.6. The molecule has 274 valence electrons. The SMILES string of the molecule is CCO[C@H]1OC(C(=O)N2CCOCCOCCOCCOCC2)=C[C@@H](c2c(C)n(C)n(-c3ccccc3)c2=O)[C@@H]1CCOCCOCCO. The van der Waals surface area contributed by atoms with Gasteiger partial charge in [-0.15, -0.1) is 0 Å². The number of aliphatic hydroxyl groups excluding tert-OH is 1. The first kappa shape index (κ1) is 38.7. The molecule has 3 atom stereocenters. The van der Waals surface area contributed by atoms with E-state index in [1.807, 2.05) is 55.9 Å². The molecule has 14 nitrogen and oxygen atoms in total. The Hall–Kier alpha value is -3.08. The van der Waals surface area contributed by atoms with E-state index in [-0.39, 0.29) is 36.4 Å². The zero-order valence-electron chi connectivity index (χ0n) is 29.1. The third-order valence-electron chi connectivity index (χ3n) is 8.48. The second kappa shape index (κ2) is 21.2. The van der Waals surface area contributed by atoms with Gasteiger partial charge in [0.15, 0.2) is 5.76 Å². The van der Waals surface area contributed by atoms with Crippen molar-refractivity contribution in [2.45, 2.75) is 32.5 Å². The summed E-state index contributed by atoms with van der Waals surface area (Å²) in [5.41, 5.74) is 1.88. The predicted octanol–water partition coefficient (Wildman–Crippen LogP) is 1.79. The van der Waals surface area contributed by atoms with E-state index >= 15 is 0 Å². The number of aliphatic hydroxyl groups is 1. The molecule has 0 radical (unpaired) electrons. The highest BCUT2D eigenvalue weighted by Crippen LogP contribution is 2.39. The Morgan fingerprint density at radius 3 is 2.06 bits per heavy atom. The third kappa shape index (κ3) is 11.2. The molecule has 2 aliphatic rings. The maximum Gasteiger partial charge on any atom is 0.288 e.